The van der Waals surface area contributed by atoms with E-state index in [0.717, 1.165) is 12.1 Å². The summed E-state index contributed by atoms with van der Waals surface area (Å²) in [5.41, 5.74) is 3.97. The van der Waals surface area contributed by atoms with E-state index in [-0.39, 0.29) is 17.9 Å². The zero-order valence-electron chi connectivity index (χ0n) is 8.64. The Morgan fingerprint density at radius 1 is 1.33 bits per heavy atom. The van der Waals surface area contributed by atoms with Crippen molar-refractivity contribution in [3.63, 3.8) is 0 Å². The Balaban J connectivity index is 2.86. The Labute approximate surface area is 86.9 Å². The van der Waals surface area contributed by atoms with Crippen molar-refractivity contribution in [2.75, 3.05) is 17.6 Å². The molecule has 1 aromatic carbocycles. The van der Waals surface area contributed by atoms with E-state index in [2.05, 4.69) is 5.32 Å². The lowest BCUT2D eigenvalue weighted by Crippen LogP contribution is -2.29. The van der Waals surface area contributed by atoms with Crippen molar-refractivity contribution < 1.29 is 13.9 Å². The Hall–Kier alpha value is -1.36. The number of nitrogens with one attached hydrogen (secondary N) is 1. The molecule has 0 atom stereocenters. The van der Waals surface area contributed by atoms with Gasteiger partial charge >= 0.3 is 0 Å². The summed E-state index contributed by atoms with van der Waals surface area (Å²) >= 11 is 0. The van der Waals surface area contributed by atoms with E-state index in [1.807, 2.05) is 0 Å². The number of nitrogens with two attached hydrogens (primary N) is 1. The monoisotopic (exact) mass is 216 g/mol. The van der Waals surface area contributed by atoms with Gasteiger partial charge in [0, 0.05) is 12.2 Å². The van der Waals surface area contributed by atoms with Crippen LogP contribution in [0.5, 0.6) is 0 Å². The highest BCUT2D eigenvalue weighted by molar-refractivity contribution is 5.54. The van der Waals surface area contributed by atoms with Crippen molar-refractivity contribution >= 4 is 11.4 Å². The topological polar surface area (TPSA) is 58.3 Å². The Kier molecular flexibility index (Phi) is 3.14. The molecule has 0 aliphatic carbocycles. The number of rotatable bonds is 3. The molecule has 5 heteroatoms. The van der Waals surface area contributed by atoms with Crippen LogP contribution in [0.4, 0.5) is 20.2 Å². The molecular formula is C10H14F2N2O. The van der Waals surface area contributed by atoms with Gasteiger partial charge in [-0.15, -0.1) is 0 Å². The predicted molar refractivity (Wildman–Crippen MR) is 55.6 cm³/mol. The minimum Gasteiger partial charge on any atom is -0.399 e. The molecule has 0 bridgehead atoms. The molecule has 4 N–H and O–H groups in total. The van der Waals surface area contributed by atoms with Gasteiger partial charge in [0.2, 0.25) is 0 Å². The third kappa shape index (κ3) is 3.36. The molecule has 0 saturated heterocycles. The average Bonchev–Trinajstić information content (AvgIpc) is 1.99. The summed E-state index contributed by atoms with van der Waals surface area (Å²) in [6.45, 7) is 3.12. The highest BCUT2D eigenvalue weighted by atomic mass is 19.1. The minimum absolute atomic E-state index is 0.0267. The van der Waals surface area contributed by atoms with Gasteiger partial charge in [-0.25, -0.2) is 8.78 Å². The molecule has 1 rings (SSSR count). The molecule has 0 aliphatic rings. The van der Waals surface area contributed by atoms with Crippen LogP contribution in [0.2, 0.25) is 0 Å². The number of hydrogen-bond acceptors (Lipinski definition) is 3. The third-order valence-corrected chi connectivity index (χ3v) is 1.76. The number of anilines is 2. The molecule has 0 fully saturated rings. The second-order valence-electron chi connectivity index (χ2n) is 4.03. The van der Waals surface area contributed by atoms with Crippen LogP contribution >= 0.6 is 0 Å². The summed E-state index contributed by atoms with van der Waals surface area (Å²) in [4.78, 5) is 0. The summed E-state index contributed by atoms with van der Waals surface area (Å²) in [6.07, 6.45) is 0. The van der Waals surface area contributed by atoms with Gasteiger partial charge in [-0.2, -0.15) is 0 Å². The molecule has 84 valence electrons. The lowest BCUT2D eigenvalue weighted by atomic mass is 10.1. The SMILES string of the molecule is CC(C)(O)CNc1c(F)cc(N)cc1F. The smallest absolute Gasteiger partial charge is 0.151 e. The fraction of sp³-hybridized carbons (Fsp3) is 0.400. The lowest BCUT2D eigenvalue weighted by Gasteiger charge is -2.19. The van der Waals surface area contributed by atoms with Crippen molar-refractivity contribution in [2.45, 2.75) is 19.4 Å². The molecule has 0 aromatic heterocycles. The molecular weight excluding hydrogens is 202 g/mol. The summed E-state index contributed by atoms with van der Waals surface area (Å²) in [5.74, 6) is -1.53. The van der Waals surface area contributed by atoms with Gasteiger partial charge in [-0.1, -0.05) is 0 Å². The summed E-state index contributed by atoms with van der Waals surface area (Å²) in [5, 5.41) is 11.9. The van der Waals surface area contributed by atoms with Crippen LogP contribution in [0.3, 0.4) is 0 Å². The van der Waals surface area contributed by atoms with Gasteiger partial charge in [0.15, 0.2) is 11.6 Å². The molecule has 0 amide bonds. The Morgan fingerprint density at radius 3 is 2.20 bits per heavy atom. The van der Waals surface area contributed by atoms with Crippen LogP contribution in [0.1, 0.15) is 13.8 Å². The van der Waals surface area contributed by atoms with Crippen LogP contribution in [-0.4, -0.2) is 17.3 Å². The first-order chi connectivity index (χ1) is 6.79. The highest BCUT2D eigenvalue weighted by Crippen LogP contribution is 2.22. The second-order valence-corrected chi connectivity index (χ2v) is 4.03. The van der Waals surface area contributed by atoms with Crippen LogP contribution in [0.25, 0.3) is 0 Å². The van der Waals surface area contributed by atoms with Crippen LogP contribution in [0.15, 0.2) is 12.1 Å². The molecule has 1 aromatic rings. The summed E-state index contributed by atoms with van der Waals surface area (Å²) in [7, 11) is 0. The molecule has 0 spiro atoms. The predicted octanol–water partition coefficient (Wildman–Crippen LogP) is 1.73. The van der Waals surface area contributed by atoms with E-state index >= 15 is 0 Å². The molecule has 0 unspecified atom stereocenters. The van der Waals surface area contributed by atoms with Crippen LogP contribution in [0, 0.1) is 11.6 Å². The molecule has 0 aliphatic heterocycles. The van der Waals surface area contributed by atoms with Crippen molar-refractivity contribution in [3.8, 4) is 0 Å². The number of nitrogen functional groups attached to an aromatic ring is 1. The quantitative estimate of drug-likeness (QED) is 0.674. The number of hydrogen-bond donors (Lipinski definition) is 3. The molecule has 15 heavy (non-hydrogen) atoms. The van der Waals surface area contributed by atoms with Crippen molar-refractivity contribution in [3.05, 3.63) is 23.8 Å². The second kappa shape index (κ2) is 4.02. The number of aliphatic hydroxyl groups is 1. The fourth-order valence-electron chi connectivity index (χ4n) is 1.07. The van der Waals surface area contributed by atoms with E-state index in [0.29, 0.717) is 0 Å². The fourth-order valence-corrected chi connectivity index (χ4v) is 1.07. The van der Waals surface area contributed by atoms with E-state index in [4.69, 9.17) is 5.73 Å². The van der Waals surface area contributed by atoms with Gasteiger partial charge in [-0.3, -0.25) is 0 Å². The van der Waals surface area contributed by atoms with Gasteiger partial charge in [0.1, 0.15) is 5.69 Å². The molecule has 0 heterocycles. The van der Waals surface area contributed by atoms with Gasteiger partial charge < -0.3 is 16.2 Å². The number of halogens is 2. The van der Waals surface area contributed by atoms with E-state index in [1.54, 1.807) is 0 Å². The maximum atomic E-state index is 13.2. The maximum Gasteiger partial charge on any atom is 0.151 e. The first kappa shape index (κ1) is 11.7. The zero-order chi connectivity index (χ0) is 11.6. The van der Waals surface area contributed by atoms with E-state index in [1.165, 1.54) is 13.8 Å². The van der Waals surface area contributed by atoms with E-state index < -0.39 is 17.2 Å². The Morgan fingerprint density at radius 2 is 1.80 bits per heavy atom. The van der Waals surface area contributed by atoms with Gasteiger partial charge in [0.25, 0.3) is 0 Å². The normalized spacial score (nSPS) is 11.5. The molecule has 0 radical (unpaired) electrons. The number of benzene rings is 1. The summed E-state index contributed by atoms with van der Waals surface area (Å²) < 4.78 is 26.4. The van der Waals surface area contributed by atoms with Gasteiger partial charge in [0.05, 0.1) is 5.60 Å². The third-order valence-electron chi connectivity index (χ3n) is 1.76. The highest BCUT2D eigenvalue weighted by Gasteiger charge is 2.15. The first-order valence-electron chi connectivity index (χ1n) is 4.50. The van der Waals surface area contributed by atoms with Crippen LogP contribution in [-0.2, 0) is 0 Å². The zero-order valence-corrected chi connectivity index (χ0v) is 8.64. The Bertz CT molecular complexity index is 338. The van der Waals surface area contributed by atoms with Crippen molar-refractivity contribution in [1.82, 2.24) is 0 Å². The molecule has 0 saturated carbocycles. The maximum absolute atomic E-state index is 13.2. The minimum atomic E-state index is -1.04. The average molecular weight is 216 g/mol. The summed E-state index contributed by atoms with van der Waals surface area (Å²) in [6, 6.07) is 2.05. The standard InChI is InChI=1S/C10H14F2N2O/c1-10(2,15)5-14-9-7(11)3-6(13)4-8(9)12/h3-4,14-15H,5,13H2,1-2H3. The molecule has 3 nitrogen and oxygen atoms in total. The van der Waals surface area contributed by atoms with Crippen LogP contribution < -0.4 is 11.1 Å². The van der Waals surface area contributed by atoms with E-state index in [9.17, 15) is 13.9 Å². The van der Waals surface area contributed by atoms with Crippen molar-refractivity contribution in [1.29, 1.82) is 0 Å². The van der Waals surface area contributed by atoms with Gasteiger partial charge in [-0.05, 0) is 26.0 Å². The van der Waals surface area contributed by atoms with Crippen molar-refractivity contribution in [2.24, 2.45) is 0 Å². The largest absolute Gasteiger partial charge is 0.399 e. The lowest BCUT2D eigenvalue weighted by molar-refractivity contribution is 0.0944. The first-order valence-corrected chi connectivity index (χ1v) is 4.50.